The molecule has 0 saturated carbocycles. The summed E-state index contributed by atoms with van der Waals surface area (Å²) < 4.78 is 11.9. The highest BCUT2D eigenvalue weighted by Gasteiger charge is 2.19. The minimum Gasteiger partial charge on any atom is -0.488 e. The maximum Gasteiger partial charge on any atom is 0.127 e. The van der Waals surface area contributed by atoms with Crippen LogP contribution in [0.25, 0.3) is 11.1 Å². The van der Waals surface area contributed by atoms with Crippen molar-refractivity contribution >= 4 is 11.1 Å². The quantitative estimate of drug-likeness (QED) is 0.254. The zero-order valence-electron chi connectivity index (χ0n) is 24.4. The number of benzene rings is 4. The number of rotatable bonds is 6. The number of para-hydroxylation sites is 2. The normalized spacial score (nSPS) is 15.2. The first kappa shape index (κ1) is 28.4. The fourth-order valence-corrected chi connectivity index (χ4v) is 5.32. The van der Waals surface area contributed by atoms with Gasteiger partial charge in [-0.1, -0.05) is 97.1 Å². The zero-order valence-corrected chi connectivity index (χ0v) is 24.4. The number of hydrogen-bond acceptors (Lipinski definition) is 4. The van der Waals surface area contributed by atoms with Crippen molar-refractivity contribution in [2.75, 3.05) is 34.2 Å². The van der Waals surface area contributed by atoms with Crippen molar-refractivity contribution in [1.29, 1.82) is 0 Å². The van der Waals surface area contributed by atoms with Crippen molar-refractivity contribution in [3.63, 3.8) is 0 Å². The van der Waals surface area contributed by atoms with Gasteiger partial charge >= 0.3 is 0 Å². The molecule has 4 nitrogen and oxygen atoms in total. The number of fused-ring (bicyclic) bond motifs is 4. The van der Waals surface area contributed by atoms with E-state index in [4.69, 9.17) is 9.47 Å². The summed E-state index contributed by atoms with van der Waals surface area (Å²) in [6, 6.07) is 33.6. The van der Waals surface area contributed by atoms with Gasteiger partial charge in [0.15, 0.2) is 0 Å². The van der Waals surface area contributed by atoms with Crippen LogP contribution in [0.2, 0.25) is 0 Å². The maximum absolute atomic E-state index is 5.98. The second-order valence-corrected chi connectivity index (χ2v) is 10.6. The van der Waals surface area contributed by atoms with Crippen molar-refractivity contribution in [2.24, 2.45) is 0 Å². The molecule has 0 amide bonds. The van der Waals surface area contributed by atoms with Gasteiger partial charge in [-0.25, -0.2) is 0 Å². The summed E-state index contributed by atoms with van der Waals surface area (Å²) in [5.41, 5.74) is 10.0. The van der Waals surface area contributed by atoms with Crippen LogP contribution in [0.15, 0.2) is 109 Å². The summed E-state index contributed by atoms with van der Waals surface area (Å²) in [5.74, 6) is 1.95. The SMILES string of the molecule is CN(C)CCC=C1c2ccccc2COc2ccccc21.CNCC/C=C1/c2ccccc2COc2ccccc21. The van der Waals surface area contributed by atoms with Crippen LogP contribution in [-0.2, 0) is 13.2 Å². The van der Waals surface area contributed by atoms with Gasteiger partial charge in [0.25, 0.3) is 0 Å². The van der Waals surface area contributed by atoms with Crippen molar-refractivity contribution in [2.45, 2.75) is 26.1 Å². The summed E-state index contributed by atoms with van der Waals surface area (Å²) in [6.07, 6.45) is 6.69. The summed E-state index contributed by atoms with van der Waals surface area (Å²) in [6.45, 7) is 3.30. The lowest BCUT2D eigenvalue weighted by Crippen LogP contribution is -2.12. The molecule has 1 N–H and O–H groups in total. The molecule has 4 aromatic carbocycles. The first-order chi connectivity index (χ1) is 20.2. The molecule has 0 fully saturated rings. The summed E-state index contributed by atoms with van der Waals surface area (Å²) in [7, 11) is 6.20. The summed E-state index contributed by atoms with van der Waals surface area (Å²) >= 11 is 0. The van der Waals surface area contributed by atoms with Crippen LogP contribution in [0.5, 0.6) is 11.5 Å². The zero-order chi connectivity index (χ0) is 28.4. The van der Waals surface area contributed by atoms with Crippen LogP contribution in [0.3, 0.4) is 0 Å². The van der Waals surface area contributed by atoms with E-state index in [9.17, 15) is 0 Å². The highest BCUT2D eigenvalue weighted by atomic mass is 16.5. The van der Waals surface area contributed by atoms with Crippen LogP contribution >= 0.6 is 0 Å². The molecule has 0 atom stereocenters. The molecule has 0 aromatic heterocycles. The molecule has 2 heterocycles. The van der Waals surface area contributed by atoms with Crippen LogP contribution < -0.4 is 14.8 Å². The van der Waals surface area contributed by atoms with Crippen LogP contribution in [0.4, 0.5) is 0 Å². The van der Waals surface area contributed by atoms with Crippen molar-refractivity contribution in [1.82, 2.24) is 10.2 Å². The van der Waals surface area contributed by atoms with Crippen molar-refractivity contribution in [3.05, 3.63) is 143 Å². The molecule has 2 aliphatic rings. The third-order valence-electron chi connectivity index (χ3n) is 7.40. The van der Waals surface area contributed by atoms with Crippen LogP contribution in [0, 0.1) is 0 Å². The lowest BCUT2D eigenvalue weighted by Gasteiger charge is -2.12. The van der Waals surface area contributed by atoms with E-state index in [1.54, 1.807) is 0 Å². The first-order valence-electron chi connectivity index (χ1n) is 14.5. The van der Waals surface area contributed by atoms with Gasteiger partial charge in [0.2, 0.25) is 0 Å². The molecule has 0 bridgehead atoms. The minimum absolute atomic E-state index is 0.635. The van der Waals surface area contributed by atoms with E-state index >= 15 is 0 Å². The first-order valence-corrected chi connectivity index (χ1v) is 14.5. The smallest absolute Gasteiger partial charge is 0.127 e. The van der Waals surface area contributed by atoms with Crippen molar-refractivity contribution in [3.8, 4) is 11.5 Å². The standard InChI is InChI=1S/C19H21NO.C18H19NO/c1-20(2)13-7-11-17-16-9-4-3-8-15(16)14-21-19-12-6-5-10-18(17)19;1-19-12-6-10-16-15-8-3-2-7-14(15)13-20-18-11-5-4-9-17(16)18/h3-6,8-12H,7,13-14H2,1-2H3;2-5,7-11,19H,6,12-13H2,1H3/b;16-10-. The second-order valence-electron chi connectivity index (χ2n) is 10.6. The number of nitrogens with one attached hydrogen (secondary N) is 1. The van der Waals surface area contributed by atoms with Gasteiger partial charge in [-0.3, -0.25) is 0 Å². The molecular formula is C37H40N2O2. The Bertz CT molecular complexity index is 1420. The monoisotopic (exact) mass is 544 g/mol. The third kappa shape index (κ3) is 6.97. The average Bonchev–Trinajstić information content (AvgIpc) is 3.26. The molecule has 0 radical (unpaired) electrons. The predicted octanol–water partition coefficient (Wildman–Crippen LogP) is 7.58. The van der Waals surface area contributed by atoms with Crippen LogP contribution in [-0.4, -0.2) is 39.1 Å². The third-order valence-corrected chi connectivity index (χ3v) is 7.40. The molecule has 6 rings (SSSR count). The lowest BCUT2D eigenvalue weighted by atomic mass is 9.93. The van der Waals surface area contributed by atoms with Gasteiger partial charge in [-0.2, -0.15) is 0 Å². The Kier molecular flexibility index (Phi) is 9.69. The van der Waals surface area contributed by atoms with Gasteiger partial charge in [0, 0.05) is 17.7 Å². The summed E-state index contributed by atoms with van der Waals surface area (Å²) in [5, 5.41) is 3.20. The molecule has 0 spiro atoms. The molecule has 0 unspecified atom stereocenters. The molecule has 4 aromatic rings. The van der Waals surface area contributed by atoms with E-state index in [1.807, 2.05) is 25.2 Å². The number of nitrogens with zero attached hydrogens (tertiary/aromatic N) is 1. The molecule has 4 heteroatoms. The minimum atomic E-state index is 0.635. The Labute approximate surface area is 244 Å². The molecular weight excluding hydrogens is 504 g/mol. The van der Waals surface area contributed by atoms with E-state index in [1.165, 1.54) is 44.5 Å². The van der Waals surface area contributed by atoms with Gasteiger partial charge in [0.05, 0.1) is 0 Å². The topological polar surface area (TPSA) is 33.7 Å². The fourth-order valence-electron chi connectivity index (χ4n) is 5.32. The van der Waals surface area contributed by atoms with Gasteiger partial charge < -0.3 is 19.7 Å². The number of hydrogen-bond donors (Lipinski definition) is 1. The predicted molar refractivity (Wildman–Crippen MR) is 170 cm³/mol. The molecule has 0 aliphatic carbocycles. The Morgan fingerprint density at radius 1 is 0.610 bits per heavy atom. The van der Waals surface area contributed by atoms with Crippen molar-refractivity contribution < 1.29 is 9.47 Å². The van der Waals surface area contributed by atoms with E-state index in [0.717, 1.165) is 37.4 Å². The molecule has 2 aliphatic heterocycles. The Morgan fingerprint density at radius 3 is 1.54 bits per heavy atom. The van der Waals surface area contributed by atoms with E-state index in [-0.39, 0.29) is 0 Å². The highest BCUT2D eigenvalue weighted by molar-refractivity contribution is 5.85. The molecule has 41 heavy (non-hydrogen) atoms. The molecule has 0 saturated heterocycles. The Morgan fingerprint density at radius 2 is 1.05 bits per heavy atom. The van der Waals surface area contributed by atoms with Gasteiger partial charge in [-0.15, -0.1) is 0 Å². The Hall–Kier alpha value is -4.12. The van der Waals surface area contributed by atoms with E-state index in [2.05, 4.69) is 115 Å². The number of ether oxygens (including phenoxy) is 2. The largest absolute Gasteiger partial charge is 0.488 e. The Balaban J connectivity index is 0.000000165. The van der Waals surface area contributed by atoms with Gasteiger partial charge in [-0.05, 0) is 86.1 Å². The maximum atomic E-state index is 5.98. The van der Waals surface area contributed by atoms with E-state index < -0.39 is 0 Å². The highest BCUT2D eigenvalue weighted by Crippen LogP contribution is 2.37. The fraction of sp³-hybridized carbons (Fsp3) is 0.243. The summed E-state index contributed by atoms with van der Waals surface area (Å²) in [4.78, 5) is 2.21. The van der Waals surface area contributed by atoms with Crippen LogP contribution in [0.1, 0.15) is 46.2 Å². The van der Waals surface area contributed by atoms with Gasteiger partial charge in [0.1, 0.15) is 24.7 Å². The molecule has 210 valence electrons. The lowest BCUT2D eigenvalue weighted by molar-refractivity contribution is 0.307. The van der Waals surface area contributed by atoms with E-state index in [0.29, 0.717) is 13.2 Å². The average molecular weight is 545 g/mol. The second kappa shape index (κ2) is 14.0.